The fraction of sp³-hybridized carbons (Fsp3) is 0.615. The predicted octanol–water partition coefficient (Wildman–Crippen LogP) is 1.68. The van der Waals surface area contributed by atoms with Crippen LogP contribution in [0.15, 0.2) is 24.5 Å². The van der Waals surface area contributed by atoms with E-state index in [2.05, 4.69) is 35.9 Å². The minimum atomic E-state index is 0.591. The first-order valence-corrected chi connectivity index (χ1v) is 6.07. The number of pyridine rings is 1. The maximum absolute atomic E-state index is 5.55. The summed E-state index contributed by atoms with van der Waals surface area (Å²) in [5.41, 5.74) is 6.90. The van der Waals surface area contributed by atoms with Gasteiger partial charge >= 0.3 is 0 Å². The molecule has 0 spiro atoms. The number of hydrogen-bond donors (Lipinski definition) is 1. The van der Waals surface area contributed by atoms with Crippen LogP contribution in [0.2, 0.25) is 0 Å². The average Bonchev–Trinajstić information content (AvgIpc) is 2.30. The molecule has 0 bridgehead atoms. The summed E-state index contributed by atoms with van der Waals surface area (Å²) in [7, 11) is 0. The number of aromatic nitrogens is 1. The van der Waals surface area contributed by atoms with E-state index < -0.39 is 0 Å². The first-order chi connectivity index (χ1) is 7.74. The van der Waals surface area contributed by atoms with Crippen LogP contribution in [-0.2, 0) is 6.42 Å². The Morgan fingerprint density at radius 1 is 1.25 bits per heavy atom. The number of rotatable bonds is 7. The quantitative estimate of drug-likeness (QED) is 0.762. The normalized spacial score (nSPS) is 11.3. The van der Waals surface area contributed by atoms with Crippen molar-refractivity contribution in [1.82, 2.24) is 9.88 Å². The summed E-state index contributed by atoms with van der Waals surface area (Å²) >= 11 is 0. The van der Waals surface area contributed by atoms with Crippen LogP contribution in [0, 0.1) is 0 Å². The second-order valence-electron chi connectivity index (χ2n) is 4.38. The third kappa shape index (κ3) is 4.73. The first kappa shape index (κ1) is 13.1. The van der Waals surface area contributed by atoms with Crippen LogP contribution in [0.3, 0.4) is 0 Å². The molecule has 0 aliphatic carbocycles. The van der Waals surface area contributed by atoms with Gasteiger partial charge in [0.1, 0.15) is 0 Å². The van der Waals surface area contributed by atoms with Crippen LogP contribution >= 0.6 is 0 Å². The fourth-order valence-electron chi connectivity index (χ4n) is 1.74. The maximum atomic E-state index is 5.55. The van der Waals surface area contributed by atoms with Crippen LogP contribution in [-0.4, -0.2) is 35.6 Å². The lowest BCUT2D eigenvalue weighted by molar-refractivity contribution is 0.223. The molecule has 0 amide bonds. The summed E-state index contributed by atoms with van der Waals surface area (Å²) in [6, 6.07) is 4.76. The molecule has 3 heteroatoms. The summed E-state index contributed by atoms with van der Waals surface area (Å²) in [4.78, 5) is 6.51. The Labute approximate surface area is 98.7 Å². The van der Waals surface area contributed by atoms with Crippen LogP contribution in [0.1, 0.15) is 25.8 Å². The highest BCUT2D eigenvalue weighted by Crippen LogP contribution is 2.04. The summed E-state index contributed by atoms with van der Waals surface area (Å²) < 4.78 is 0. The Morgan fingerprint density at radius 3 is 2.50 bits per heavy atom. The van der Waals surface area contributed by atoms with Crippen LogP contribution in [0.4, 0.5) is 0 Å². The lowest BCUT2D eigenvalue weighted by atomic mass is 10.1. The van der Waals surface area contributed by atoms with E-state index in [0.29, 0.717) is 6.04 Å². The van der Waals surface area contributed by atoms with Crippen molar-refractivity contribution >= 4 is 0 Å². The van der Waals surface area contributed by atoms with Crippen molar-refractivity contribution in [2.45, 2.75) is 32.7 Å². The lowest BCUT2D eigenvalue weighted by Crippen LogP contribution is -2.34. The van der Waals surface area contributed by atoms with Gasteiger partial charge in [0.05, 0.1) is 0 Å². The molecule has 1 heterocycles. The Morgan fingerprint density at radius 2 is 1.94 bits per heavy atom. The molecule has 90 valence electrons. The first-order valence-electron chi connectivity index (χ1n) is 6.07. The van der Waals surface area contributed by atoms with Gasteiger partial charge in [-0.3, -0.25) is 4.98 Å². The highest BCUT2D eigenvalue weighted by Gasteiger charge is 2.08. The van der Waals surface area contributed by atoms with Crippen molar-refractivity contribution < 1.29 is 0 Å². The molecule has 2 N–H and O–H groups in total. The molecule has 16 heavy (non-hydrogen) atoms. The molecular formula is C13H23N3. The zero-order chi connectivity index (χ0) is 11.8. The van der Waals surface area contributed by atoms with Gasteiger partial charge < -0.3 is 10.6 Å². The molecule has 1 aromatic rings. The van der Waals surface area contributed by atoms with E-state index in [4.69, 9.17) is 5.73 Å². The van der Waals surface area contributed by atoms with Crippen LogP contribution < -0.4 is 5.73 Å². The number of nitrogens with two attached hydrogens (primary N) is 1. The standard InChI is InChI=1S/C13H23N3/c1-12(2)16(10-3-7-14)11-6-13-4-8-15-9-5-13/h4-5,8-9,12H,3,6-7,10-11,14H2,1-2H3. The summed E-state index contributed by atoms with van der Waals surface area (Å²) in [6.45, 7) is 7.45. The lowest BCUT2D eigenvalue weighted by Gasteiger charge is -2.26. The molecule has 0 unspecified atom stereocenters. The van der Waals surface area contributed by atoms with E-state index in [1.165, 1.54) is 5.56 Å². The average molecular weight is 221 g/mol. The second kappa shape index (κ2) is 7.36. The largest absolute Gasteiger partial charge is 0.330 e. The molecule has 0 saturated carbocycles. The van der Waals surface area contributed by atoms with Gasteiger partial charge in [0.15, 0.2) is 0 Å². The van der Waals surface area contributed by atoms with E-state index >= 15 is 0 Å². The van der Waals surface area contributed by atoms with Crippen molar-refractivity contribution in [3.8, 4) is 0 Å². The zero-order valence-electron chi connectivity index (χ0n) is 10.4. The van der Waals surface area contributed by atoms with Gasteiger partial charge in [0.2, 0.25) is 0 Å². The predicted molar refractivity (Wildman–Crippen MR) is 68.3 cm³/mol. The van der Waals surface area contributed by atoms with Crippen molar-refractivity contribution in [2.75, 3.05) is 19.6 Å². The van der Waals surface area contributed by atoms with Crippen molar-refractivity contribution in [3.63, 3.8) is 0 Å². The molecule has 0 aromatic carbocycles. The SMILES string of the molecule is CC(C)N(CCCN)CCc1ccncc1. The van der Waals surface area contributed by atoms with Crippen LogP contribution in [0.25, 0.3) is 0 Å². The molecule has 0 aliphatic rings. The van der Waals surface area contributed by atoms with E-state index in [1.807, 2.05) is 12.4 Å². The third-order valence-corrected chi connectivity index (χ3v) is 2.82. The van der Waals surface area contributed by atoms with Gasteiger partial charge in [-0.2, -0.15) is 0 Å². The third-order valence-electron chi connectivity index (χ3n) is 2.82. The number of hydrogen-bond acceptors (Lipinski definition) is 3. The van der Waals surface area contributed by atoms with Gasteiger partial charge in [-0.25, -0.2) is 0 Å². The van der Waals surface area contributed by atoms with Gasteiger partial charge in [-0.1, -0.05) is 0 Å². The fourth-order valence-corrected chi connectivity index (χ4v) is 1.74. The summed E-state index contributed by atoms with van der Waals surface area (Å²) in [5, 5.41) is 0. The summed E-state index contributed by atoms with van der Waals surface area (Å²) in [5.74, 6) is 0. The maximum Gasteiger partial charge on any atom is 0.0270 e. The van der Waals surface area contributed by atoms with E-state index in [1.54, 1.807) is 0 Å². The summed E-state index contributed by atoms with van der Waals surface area (Å²) in [6.07, 6.45) is 5.88. The molecule has 0 saturated heterocycles. The molecule has 1 aromatic heterocycles. The van der Waals surface area contributed by atoms with Gasteiger partial charge in [0, 0.05) is 25.0 Å². The Bertz CT molecular complexity index is 272. The molecule has 0 aliphatic heterocycles. The minimum Gasteiger partial charge on any atom is -0.330 e. The minimum absolute atomic E-state index is 0.591. The van der Waals surface area contributed by atoms with Gasteiger partial charge in [-0.05, 0) is 57.5 Å². The Balaban J connectivity index is 2.38. The van der Waals surface area contributed by atoms with Gasteiger partial charge in [0.25, 0.3) is 0 Å². The topological polar surface area (TPSA) is 42.1 Å². The number of nitrogens with zero attached hydrogens (tertiary/aromatic N) is 2. The molecular weight excluding hydrogens is 198 g/mol. The van der Waals surface area contributed by atoms with E-state index in [0.717, 1.165) is 32.5 Å². The molecule has 0 fully saturated rings. The molecule has 3 nitrogen and oxygen atoms in total. The molecule has 0 radical (unpaired) electrons. The van der Waals surface area contributed by atoms with E-state index in [-0.39, 0.29) is 0 Å². The van der Waals surface area contributed by atoms with Crippen molar-refractivity contribution in [2.24, 2.45) is 5.73 Å². The highest BCUT2D eigenvalue weighted by molar-refractivity contribution is 5.09. The molecule has 0 atom stereocenters. The zero-order valence-corrected chi connectivity index (χ0v) is 10.4. The van der Waals surface area contributed by atoms with Gasteiger partial charge in [-0.15, -0.1) is 0 Å². The Kier molecular flexibility index (Phi) is 6.04. The molecule has 1 rings (SSSR count). The highest BCUT2D eigenvalue weighted by atomic mass is 15.1. The Hall–Kier alpha value is -0.930. The smallest absolute Gasteiger partial charge is 0.0270 e. The second-order valence-corrected chi connectivity index (χ2v) is 4.38. The monoisotopic (exact) mass is 221 g/mol. The van der Waals surface area contributed by atoms with Crippen molar-refractivity contribution in [3.05, 3.63) is 30.1 Å². The van der Waals surface area contributed by atoms with Crippen molar-refractivity contribution in [1.29, 1.82) is 0 Å². The van der Waals surface area contributed by atoms with E-state index in [9.17, 15) is 0 Å². The van der Waals surface area contributed by atoms with Crippen LogP contribution in [0.5, 0.6) is 0 Å².